The maximum absolute atomic E-state index is 4.46. The predicted octanol–water partition coefficient (Wildman–Crippen LogP) is 4.87. The minimum absolute atomic E-state index is 1.02. The van der Waals surface area contributed by atoms with Crippen LogP contribution in [0.2, 0.25) is 0 Å². The Morgan fingerprint density at radius 3 is 2.78 bits per heavy atom. The van der Waals surface area contributed by atoms with Gasteiger partial charge < -0.3 is 0 Å². The molecule has 1 heterocycles. The van der Waals surface area contributed by atoms with Crippen LogP contribution in [-0.4, -0.2) is 4.98 Å². The van der Waals surface area contributed by atoms with Gasteiger partial charge in [0.25, 0.3) is 0 Å². The van der Waals surface area contributed by atoms with Crippen LogP contribution >= 0.6 is 0 Å². The van der Waals surface area contributed by atoms with Crippen LogP contribution < -0.4 is 0 Å². The van der Waals surface area contributed by atoms with Crippen LogP contribution in [0.5, 0.6) is 0 Å². The zero-order valence-corrected chi connectivity index (χ0v) is 11.5. The van der Waals surface area contributed by atoms with Crippen LogP contribution in [0.4, 0.5) is 0 Å². The third-order valence-corrected chi connectivity index (χ3v) is 2.66. The fourth-order valence-electron chi connectivity index (χ4n) is 1.54. The van der Waals surface area contributed by atoms with Crippen molar-refractivity contribution < 1.29 is 0 Å². The number of aromatic nitrogens is 1. The average Bonchev–Trinajstić information content (AvgIpc) is 2.39. The van der Waals surface area contributed by atoms with E-state index in [0.717, 1.165) is 23.3 Å². The van der Waals surface area contributed by atoms with Gasteiger partial charge in [-0.2, -0.15) is 0 Å². The Labute approximate surface area is 110 Å². The molecule has 0 unspecified atom stereocenters. The minimum Gasteiger partial charge on any atom is -0.256 e. The fraction of sp³-hybridized carbons (Fsp3) is 0.235. The molecule has 0 aliphatic rings. The second-order valence-corrected chi connectivity index (χ2v) is 4.22. The van der Waals surface area contributed by atoms with Crippen LogP contribution in [-0.2, 0) is 0 Å². The number of rotatable bonds is 5. The van der Waals surface area contributed by atoms with Crippen molar-refractivity contribution >= 4 is 5.57 Å². The van der Waals surface area contributed by atoms with Gasteiger partial charge >= 0.3 is 0 Å². The molecule has 18 heavy (non-hydrogen) atoms. The lowest BCUT2D eigenvalue weighted by Crippen LogP contribution is -1.90. The first kappa shape index (κ1) is 14.2. The van der Waals surface area contributed by atoms with Crippen molar-refractivity contribution in [3.63, 3.8) is 0 Å². The molecule has 94 valence electrons. The molecule has 0 saturated carbocycles. The predicted molar refractivity (Wildman–Crippen MR) is 80.3 cm³/mol. The molecule has 0 spiro atoms. The van der Waals surface area contributed by atoms with E-state index >= 15 is 0 Å². The summed E-state index contributed by atoms with van der Waals surface area (Å²) in [5.41, 5.74) is 4.51. The van der Waals surface area contributed by atoms with Crippen molar-refractivity contribution in [3.8, 4) is 0 Å². The highest BCUT2D eigenvalue weighted by Crippen LogP contribution is 2.18. The maximum Gasteiger partial charge on any atom is 0.0730 e. The molecule has 1 nitrogen and oxygen atoms in total. The van der Waals surface area contributed by atoms with Crippen LogP contribution in [0.3, 0.4) is 0 Å². The van der Waals surface area contributed by atoms with Crippen LogP contribution in [0, 0.1) is 6.92 Å². The summed E-state index contributed by atoms with van der Waals surface area (Å²) in [4.78, 5) is 4.46. The average molecular weight is 239 g/mol. The Morgan fingerprint density at radius 1 is 1.39 bits per heavy atom. The number of hydrogen-bond donors (Lipinski definition) is 0. The molecule has 0 bridgehead atoms. The third-order valence-electron chi connectivity index (χ3n) is 2.66. The Morgan fingerprint density at radius 2 is 2.17 bits per heavy atom. The fourth-order valence-corrected chi connectivity index (χ4v) is 1.54. The molecule has 0 amide bonds. The summed E-state index contributed by atoms with van der Waals surface area (Å²) in [6, 6.07) is 4.05. The van der Waals surface area contributed by atoms with E-state index in [9.17, 15) is 0 Å². The Bertz CT molecular complexity index is 490. The molecular formula is C17H21N. The van der Waals surface area contributed by atoms with Crippen molar-refractivity contribution in [1.29, 1.82) is 0 Å². The van der Waals surface area contributed by atoms with Gasteiger partial charge in [0.1, 0.15) is 0 Å². The molecule has 1 aromatic heterocycles. The van der Waals surface area contributed by atoms with Crippen LogP contribution in [0.1, 0.15) is 31.5 Å². The second kappa shape index (κ2) is 7.44. The van der Waals surface area contributed by atoms with Crippen molar-refractivity contribution in [2.24, 2.45) is 0 Å². The first-order valence-corrected chi connectivity index (χ1v) is 6.28. The number of hydrogen-bond acceptors (Lipinski definition) is 1. The van der Waals surface area contributed by atoms with Gasteiger partial charge in [-0.25, -0.2) is 0 Å². The Kier molecular flexibility index (Phi) is 5.86. The van der Waals surface area contributed by atoms with Gasteiger partial charge in [-0.05, 0) is 31.9 Å². The highest BCUT2D eigenvalue weighted by Gasteiger charge is 2.01. The summed E-state index contributed by atoms with van der Waals surface area (Å²) in [5, 5.41) is 0. The number of allylic oxidation sites excluding steroid dienone is 7. The molecule has 1 heteroatoms. The smallest absolute Gasteiger partial charge is 0.0730 e. The van der Waals surface area contributed by atoms with Gasteiger partial charge in [-0.15, -0.1) is 0 Å². The summed E-state index contributed by atoms with van der Waals surface area (Å²) >= 11 is 0. The molecule has 1 aromatic rings. The van der Waals surface area contributed by atoms with Gasteiger partial charge in [-0.1, -0.05) is 55.5 Å². The van der Waals surface area contributed by atoms with E-state index in [1.807, 2.05) is 25.3 Å². The summed E-state index contributed by atoms with van der Waals surface area (Å²) in [6.07, 6.45) is 13.1. The van der Waals surface area contributed by atoms with Crippen LogP contribution in [0.25, 0.3) is 5.57 Å². The molecule has 0 fully saturated rings. The topological polar surface area (TPSA) is 12.9 Å². The highest BCUT2D eigenvalue weighted by molar-refractivity contribution is 5.74. The SMILES string of the molecule is C=C/C(C)=C/C=C(\C=C\CC)c1ncccc1C. The first-order chi connectivity index (χ1) is 8.69. The Hall–Kier alpha value is -1.89. The molecule has 0 N–H and O–H groups in total. The van der Waals surface area contributed by atoms with E-state index in [4.69, 9.17) is 0 Å². The van der Waals surface area contributed by atoms with Crippen molar-refractivity contribution in [1.82, 2.24) is 4.98 Å². The molecule has 0 saturated heterocycles. The first-order valence-electron chi connectivity index (χ1n) is 6.28. The zero-order chi connectivity index (χ0) is 13.4. The van der Waals surface area contributed by atoms with Crippen molar-refractivity contribution in [2.45, 2.75) is 27.2 Å². The summed E-state index contributed by atoms with van der Waals surface area (Å²) in [6.45, 7) is 10.0. The van der Waals surface area contributed by atoms with Gasteiger partial charge in [0, 0.05) is 11.8 Å². The van der Waals surface area contributed by atoms with E-state index in [1.165, 1.54) is 5.56 Å². The number of nitrogens with zero attached hydrogens (tertiary/aromatic N) is 1. The third kappa shape index (κ3) is 4.17. The number of aryl methyl sites for hydroxylation is 1. The van der Waals surface area contributed by atoms with Gasteiger partial charge in [0.05, 0.1) is 5.69 Å². The summed E-state index contributed by atoms with van der Waals surface area (Å²) in [5.74, 6) is 0. The molecule has 0 aromatic carbocycles. The maximum atomic E-state index is 4.46. The van der Waals surface area contributed by atoms with Gasteiger partial charge in [-0.3, -0.25) is 4.98 Å². The second-order valence-electron chi connectivity index (χ2n) is 4.22. The summed E-state index contributed by atoms with van der Waals surface area (Å²) in [7, 11) is 0. The molecule has 0 radical (unpaired) electrons. The normalized spacial score (nSPS) is 13.1. The minimum atomic E-state index is 1.02. The highest BCUT2D eigenvalue weighted by atomic mass is 14.7. The van der Waals surface area contributed by atoms with E-state index in [-0.39, 0.29) is 0 Å². The van der Waals surface area contributed by atoms with Crippen molar-refractivity contribution in [2.75, 3.05) is 0 Å². The van der Waals surface area contributed by atoms with E-state index in [1.54, 1.807) is 0 Å². The summed E-state index contributed by atoms with van der Waals surface area (Å²) < 4.78 is 0. The zero-order valence-electron chi connectivity index (χ0n) is 11.5. The number of pyridine rings is 1. The Balaban J connectivity index is 3.18. The molecule has 0 aliphatic carbocycles. The van der Waals surface area contributed by atoms with E-state index in [0.29, 0.717) is 0 Å². The van der Waals surface area contributed by atoms with Gasteiger partial charge in [0.15, 0.2) is 0 Å². The lowest BCUT2D eigenvalue weighted by Gasteiger charge is -2.04. The molecule has 1 rings (SSSR count). The standard InChI is InChI=1S/C17H21N/c1-5-7-10-16(12-11-14(3)6-2)17-15(4)9-8-13-18-17/h6-13H,2,5H2,1,3-4H3/b10-7+,14-11+,16-12+. The van der Waals surface area contributed by atoms with E-state index in [2.05, 4.69) is 55.8 Å². The molecular weight excluding hydrogens is 218 g/mol. The lowest BCUT2D eigenvalue weighted by molar-refractivity contribution is 1.20. The van der Waals surface area contributed by atoms with Gasteiger partial charge in [0.2, 0.25) is 0 Å². The van der Waals surface area contributed by atoms with Crippen molar-refractivity contribution in [3.05, 3.63) is 72.1 Å². The largest absolute Gasteiger partial charge is 0.256 e. The lowest BCUT2D eigenvalue weighted by atomic mass is 10.1. The molecule has 0 aliphatic heterocycles. The van der Waals surface area contributed by atoms with Crippen LogP contribution in [0.15, 0.2) is 60.9 Å². The monoisotopic (exact) mass is 239 g/mol. The molecule has 0 atom stereocenters. The quantitative estimate of drug-likeness (QED) is 0.668. The van der Waals surface area contributed by atoms with E-state index < -0.39 is 0 Å².